The molecular formula is C21H21N5O2S. The van der Waals surface area contributed by atoms with Gasteiger partial charge in [0.05, 0.1) is 16.7 Å². The number of benzene rings is 2. The average molecular weight is 407 g/mol. The van der Waals surface area contributed by atoms with Crippen molar-refractivity contribution in [1.82, 2.24) is 14.9 Å². The van der Waals surface area contributed by atoms with Crippen molar-refractivity contribution < 1.29 is 8.42 Å². The van der Waals surface area contributed by atoms with Crippen molar-refractivity contribution in [3.8, 4) is 0 Å². The Morgan fingerprint density at radius 3 is 2.52 bits per heavy atom. The van der Waals surface area contributed by atoms with E-state index in [0.717, 1.165) is 42.1 Å². The summed E-state index contributed by atoms with van der Waals surface area (Å²) in [5.74, 6) is 1.41. The molecule has 148 valence electrons. The number of sulfonamides is 1. The van der Waals surface area contributed by atoms with E-state index < -0.39 is 10.0 Å². The summed E-state index contributed by atoms with van der Waals surface area (Å²) in [6, 6.07) is 15.0. The average Bonchev–Trinajstić information content (AvgIpc) is 3.30. The fourth-order valence-corrected chi connectivity index (χ4v) is 5.39. The molecule has 1 fully saturated rings. The van der Waals surface area contributed by atoms with Crippen LogP contribution >= 0.6 is 0 Å². The van der Waals surface area contributed by atoms with Gasteiger partial charge in [0.15, 0.2) is 11.7 Å². The Hall–Kier alpha value is -3.00. The lowest BCUT2D eigenvalue weighted by atomic mass is 10.1. The number of hydrogen-bond acceptors (Lipinski definition) is 6. The SMILES string of the molecule is Cc1nc2ccccc2nc1N1CCC(N(C)C2=NS(=O)(=O)c3ccccc32)C1. The number of fused-ring (bicyclic) bond motifs is 2. The molecule has 8 heteroatoms. The van der Waals surface area contributed by atoms with Gasteiger partial charge in [-0.15, -0.1) is 4.40 Å². The van der Waals surface area contributed by atoms with E-state index >= 15 is 0 Å². The van der Waals surface area contributed by atoms with Gasteiger partial charge in [-0.05, 0) is 37.6 Å². The number of amidine groups is 1. The van der Waals surface area contributed by atoms with Crippen molar-refractivity contribution in [3.05, 3.63) is 59.8 Å². The van der Waals surface area contributed by atoms with Crippen LogP contribution in [0.3, 0.4) is 0 Å². The number of likely N-dealkylation sites (N-methyl/N-ethyl adjacent to an activating group) is 1. The van der Waals surface area contributed by atoms with Crippen LogP contribution in [0.15, 0.2) is 57.8 Å². The molecule has 1 aromatic heterocycles. The number of para-hydroxylation sites is 2. The van der Waals surface area contributed by atoms with E-state index in [1.54, 1.807) is 12.1 Å². The summed E-state index contributed by atoms with van der Waals surface area (Å²) in [5, 5.41) is 0. The van der Waals surface area contributed by atoms with Crippen LogP contribution in [0.2, 0.25) is 0 Å². The molecule has 7 nitrogen and oxygen atoms in total. The highest BCUT2D eigenvalue weighted by atomic mass is 32.2. The normalized spacial score (nSPS) is 20.0. The molecule has 3 heterocycles. The van der Waals surface area contributed by atoms with E-state index in [1.165, 1.54) is 0 Å². The molecule has 0 amide bonds. The number of rotatable bonds is 2. The predicted octanol–water partition coefficient (Wildman–Crippen LogP) is 2.60. The smallest absolute Gasteiger partial charge is 0.285 e. The van der Waals surface area contributed by atoms with Crippen molar-refractivity contribution >= 4 is 32.7 Å². The summed E-state index contributed by atoms with van der Waals surface area (Å²) in [4.78, 5) is 14.0. The van der Waals surface area contributed by atoms with Crippen LogP contribution < -0.4 is 4.90 Å². The van der Waals surface area contributed by atoms with Gasteiger partial charge >= 0.3 is 0 Å². The zero-order valence-corrected chi connectivity index (χ0v) is 17.1. The van der Waals surface area contributed by atoms with E-state index in [2.05, 4.69) is 9.30 Å². The van der Waals surface area contributed by atoms with Crippen LogP contribution in [-0.4, -0.2) is 55.3 Å². The molecule has 0 saturated carbocycles. The van der Waals surface area contributed by atoms with Crippen molar-refractivity contribution in [3.63, 3.8) is 0 Å². The van der Waals surface area contributed by atoms with Crippen LogP contribution in [0.1, 0.15) is 17.7 Å². The molecule has 0 bridgehead atoms. The van der Waals surface area contributed by atoms with Crippen LogP contribution in [0.4, 0.5) is 5.82 Å². The Kier molecular flexibility index (Phi) is 4.06. The molecule has 0 spiro atoms. The van der Waals surface area contributed by atoms with Gasteiger partial charge in [-0.2, -0.15) is 8.42 Å². The lowest BCUT2D eigenvalue weighted by molar-refractivity contribution is 0.393. The van der Waals surface area contributed by atoms with Crippen LogP contribution in [0.5, 0.6) is 0 Å². The molecule has 1 saturated heterocycles. The summed E-state index contributed by atoms with van der Waals surface area (Å²) in [7, 11) is -1.70. The summed E-state index contributed by atoms with van der Waals surface area (Å²) in [6.07, 6.45) is 0.895. The Bertz CT molecular complexity index is 1250. The summed E-state index contributed by atoms with van der Waals surface area (Å²) >= 11 is 0. The number of aryl methyl sites for hydroxylation is 1. The van der Waals surface area contributed by atoms with Crippen molar-refractivity contribution in [2.75, 3.05) is 25.0 Å². The van der Waals surface area contributed by atoms with Gasteiger partial charge in [-0.1, -0.05) is 24.3 Å². The van der Waals surface area contributed by atoms with Crippen LogP contribution in [-0.2, 0) is 10.0 Å². The highest BCUT2D eigenvalue weighted by Gasteiger charge is 2.35. The minimum Gasteiger partial charge on any atom is -0.354 e. The molecule has 29 heavy (non-hydrogen) atoms. The largest absolute Gasteiger partial charge is 0.354 e. The predicted molar refractivity (Wildman–Crippen MR) is 113 cm³/mol. The summed E-state index contributed by atoms with van der Waals surface area (Å²) in [6.45, 7) is 3.56. The van der Waals surface area contributed by atoms with E-state index in [9.17, 15) is 8.42 Å². The first kappa shape index (κ1) is 18.1. The fourth-order valence-electron chi connectivity index (χ4n) is 4.14. The summed E-state index contributed by atoms with van der Waals surface area (Å²) < 4.78 is 28.8. The third kappa shape index (κ3) is 2.95. The van der Waals surface area contributed by atoms with E-state index in [4.69, 9.17) is 9.97 Å². The molecular weight excluding hydrogens is 386 g/mol. The lowest BCUT2D eigenvalue weighted by Crippen LogP contribution is -2.39. The third-order valence-corrected chi connectivity index (χ3v) is 7.00. The van der Waals surface area contributed by atoms with Crippen LogP contribution in [0.25, 0.3) is 11.0 Å². The van der Waals surface area contributed by atoms with Crippen LogP contribution in [0, 0.1) is 6.92 Å². The number of anilines is 1. The minimum atomic E-state index is -3.62. The Morgan fingerprint density at radius 2 is 1.72 bits per heavy atom. The van der Waals surface area contributed by atoms with Crippen molar-refractivity contribution in [1.29, 1.82) is 0 Å². The zero-order valence-electron chi connectivity index (χ0n) is 16.3. The second-order valence-corrected chi connectivity index (χ2v) is 9.08. The second kappa shape index (κ2) is 6.52. The summed E-state index contributed by atoms with van der Waals surface area (Å²) in [5.41, 5.74) is 3.35. The maximum absolute atomic E-state index is 12.4. The van der Waals surface area contributed by atoms with Gasteiger partial charge in [-0.25, -0.2) is 9.97 Å². The maximum Gasteiger partial charge on any atom is 0.285 e. The topological polar surface area (TPSA) is 78.8 Å². The number of aromatic nitrogens is 2. The van der Waals surface area contributed by atoms with Gasteiger partial charge in [-0.3, -0.25) is 0 Å². The lowest BCUT2D eigenvalue weighted by Gasteiger charge is -2.27. The van der Waals surface area contributed by atoms with Crippen molar-refractivity contribution in [2.45, 2.75) is 24.3 Å². The first-order chi connectivity index (χ1) is 13.9. The first-order valence-corrected chi connectivity index (χ1v) is 11.0. The molecule has 2 aliphatic rings. The number of nitrogens with zero attached hydrogens (tertiary/aromatic N) is 5. The molecule has 0 aliphatic carbocycles. The quantitative estimate of drug-likeness (QED) is 0.650. The zero-order chi connectivity index (χ0) is 20.2. The molecule has 5 rings (SSSR count). The molecule has 3 aromatic rings. The molecule has 2 aromatic carbocycles. The van der Waals surface area contributed by atoms with Gasteiger partial charge < -0.3 is 9.80 Å². The van der Waals surface area contributed by atoms with E-state index in [0.29, 0.717) is 11.4 Å². The van der Waals surface area contributed by atoms with E-state index in [1.807, 2.05) is 55.3 Å². The number of hydrogen-bond donors (Lipinski definition) is 0. The molecule has 1 atom stereocenters. The Labute approximate surface area is 169 Å². The molecule has 1 unspecified atom stereocenters. The molecule has 0 N–H and O–H groups in total. The molecule has 2 aliphatic heterocycles. The minimum absolute atomic E-state index is 0.141. The first-order valence-electron chi connectivity index (χ1n) is 9.59. The van der Waals surface area contributed by atoms with Gasteiger partial charge in [0.2, 0.25) is 0 Å². The maximum atomic E-state index is 12.4. The Morgan fingerprint density at radius 1 is 1.03 bits per heavy atom. The van der Waals surface area contributed by atoms with Crippen molar-refractivity contribution in [2.24, 2.45) is 4.40 Å². The Balaban J connectivity index is 1.43. The monoisotopic (exact) mass is 407 g/mol. The standard InChI is InChI=1S/C21H21N5O2S/c1-14-20(23-18-9-5-4-8-17(18)22-14)26-12-11-15(13-26)25(2)21-16-7-3-6-10-19(16)29(27,28)24-21/h3-10,15H,11-13H2,1-2H3. The molecule has 0 radical (unpaired) electrons. The van der Waals surface area contributed by atoms with Gasteiger partial charge in [0, 0.05) is 31.7 Å². The fraction of sp³-hybridized carbons (Fsp3) is 0.286. The highest BCUT2D eigenvalue weighted by Crippen LogP contribution is 2.30. The second-order valence-electron chi connectivity index (χ2n) is 7.51. The highest BCUT2D eigenvalue weighted by molar-refractivity contribution is 7.90. The van der Waals surface area contributed by atoms with Gasteiger partial charge in [0.25, 0.3) is 10.0 Å². The van der Waals surface area contributed by atoms with Gasteiger partial charge in [0.1, 0.15) is 4.90 Å². The third-order valence-electron chi connectivity index (χ3n) is 5.68. The van der Waals surface area contributed by atoms with E-state index in [-0.39, 0.29) is 10.9 Å².